The first-order valence-electron chi connectivity index (χ1n) is 17.8. The fraction of sp³-hybridized carbons (Fsp3) is 0.395. The highest BCUT2D eigenvalue weighted by Gasteiger charge is 2.42. The van der Waals surface area contributed by atoms with E-state index in [2.05, 4.69) is 50.2 Å². The van der Waals surface area contributed by atoms with Crippen molar-refractivity contribution in [3.05, 3.63) is 107 Å². The quantitative estimate of drug-likeness (QED) is 0.107. The molecule has 0 saturated carbocycles. The molecule has 0 atom stereocenters. The van der Waals surface area contributed by atoms with Crippen LogP contribution in [0.15, 0.2) is 84.9 Å². The van der Waals surface area contributed by atoms with Gasteiger partial charge in [-0.05, 0) is 93.7 Å². The standard InChI is InChI=1S/C43H50O4/c1-3-5-7-9-11-13-27-43(28-14-12-10-8-6-4-2)39-29-35(31-15-19-33(20-16-31)41(44)45)23-25-37(39)38-26-24-36(30-40(38)43)32-17-21-34(22-18-32)42(46)47/h15-26,29-30H,3-14,27-28H2,1-2H3,(H,44,45)(H,46,47). The molecule has 4 nitrogen and oxygen atoms in total. The zero-order chi connectivity index (χ0) is 33.2. The molecule has 0 unspecified atom stereocenters. The molecular formula is C43H50O4. The van der Waals surface area contributed by atoms with Crippen molar-refractivity contribution in [2.24, 2.45) is 0 Å². The Kier molecular flexibility index (Phi) is 11.7. The Morgan fingerprint density at radius 3 is 1.17 bits per heavy atom. The molecule has 1 aliphatic rings. The summed E-state index contributed by atoms with van der Waals surface area (Å²) in [5.41, 5.74) is 10.2. The van der Waals surface area contributed by atoms with E-state index in [1.807, 2.05) is 24.3 Å². The number of rotatable bonds is 18. The normalized spacial score (nSPS) is 12.9. The first-order chi connectivity index (χ1) is 22.9. The topological polar surface area (TPSA) is 74.6 Å². The van der Waals surface area contributed by atoms with E-state index in [-0.39, 0.29) is 5.41 Å². The van der Waals surface area contributed by atoms with Gasteiger partial charge in [0.2, 0.25) is 0 Å². The Bertz CT molecular complexity index is 1520. The number of carboxylic acid groups (broad SMARTS) is 2. The number of carboxylic acids is 2. The van der Waals surface area contributed by atoms with Crippen molar-refractivity contribution >= 4 is 11.9 Å². The number of carbonyl (C=O) groups is 2. The zero-order valence-electron chi connectivity index (χ0n) is 28.2. The van der Waals surface area contributed by atoms with E-state index in [0.29, 0.717) is 11.1 Å². The molecule has 0 fully saturated rings. The van der Waals surface area contributed by atoms with Gasteiger partial charge in [-0.2, -0.15) is 0 Å². The summed E-state index contributed by atoms with van der Waals surface area (Å²) in [5.74, 6) is -1.82. The highest BCUT2D eigenvalue weighted by molar-refractivity contribution is 5.90. The smallest absolute Gasteiger partial charge is 0.335 e. The Morgan fingerprint density at radius 2 is 0.809 bits per heavy atom. The summed E-state index contributed by atoms with van der Waals surface area (Å²) in [6.45, 7) is 4.53. The lowest BCUT2D eigenvalue weighted by molar-refractivity contribution is 0.0686. The molecule has 4 aromatic rings. The van der Waals surface area contributed by atoms with E-state index in [9.17, 15) is 19.8 Å². The van der Waals surface area contributed by atoms with Gasteiger partial charge in [0.1, 0.15) is 0 Å². The summed E-state index contributed by atoms with van der Waals surface area (Å²) in [5, 5.41) is 18.9. The molecule has 0 amide bonds. The van der Waals surface area contributed by atoms with Crippen LogP contribution in [0.25, 0.3) is 33.4 Å². The Labute approximate surface area is 280 Å². The third kappa shape index (κ3) is 7.87. The molecule has 47 heavy (non-hydrogen) atoms. The van der Waals surface area contributed by atoms with Crippen LogP contribution >= 0.6 is 0 Å². The number of aromatic carboxylic acids is 2. The van der Waals surface area contributed by atoms with Crippen molar-refractivity contribution in [1.29, 1.82) is 0 Å². The van der Waals surface area contributed by atoms with Crippen LogP contribution in [0.1, 0.15) is 136 Å². The molecule has 4 aromatic carbocycles. The molecule has 0 aromatic heterocycles. The van der Waals surface area contributed by atoms with E-state index < -0.39 is 11.9 Å². The predicted molar refractivity (Wildman–Crippen MR) is 193 cm³/mol. The minimum Gasteiger partial charge on any atom is -0.478 e. The van der Waals surface area contributed by atoms with Gasteiger partial charge in [-0.1, -0.05) is 139 Å². The first-order valence-corrected chi connectivity index (χ1v) is 17.8. The van der Waals surface area contributed by atoms with Gasteiger partial charge in [0.05, 0.1) is 11.1 Å². The van der Waals surface area contributed by atoms with E-state index >= 15 is 0 Å². The third-order valence-corrected chi connectivity index (χ3v) is 10.2. The van der Waals surface area contributed by atoms with Crippen LogP contribution in [0.4, 0.5) is 0 Å². The predicted octanol–water partition coefficient (Wildman–Crippen LogP) is 12.2. The monoisotopic (exact) mass is 630 g/mol. The van der Waals surface area contributed by atoms with Crippen LogP contribution in [-0.4, -0.2) is 22.2 Å². The zero-order valence-corrected chi connectivity index (χ0v) is 28.2. The molecule has 0 heterocycles. The van der Waals surface area contributed by atoms with Crippen LogP contribution < -0.4 is 0 Å². The maximum Gasteiger partial charge on any atom is 0.335 e. The second kappa shape index (κ2) is 16.1. The van der Waals surface area contributed by atoms with Crippen LogP contribution in [0.2, 0.25) is 0 Å². The van der Waals surface area contributed by atoms with E-state index in [1.165, 1.54) is 99.3 Å². The lowest BCUT2D eigenvalue weighted by Gasteiger charge is -2.33. The molecule has 1 aliphatic carbocycles. The second-order valence-electron chi connectivity index (χ2n) is 13.4. The van der Waals surface area contributed by atoms with Gasteiger partial charge < -0.3 is 10.2 Å². The second-order valence-corrected chi connectivity index (χ2v) is 13.4. The van der Waals surface area contributed by atoms with Crippen molar-refractivity contribution in [3.63, 3.8) is 0 Å². The Hall–Kier alpha value is -4.18. The van der Waals surface area contributed by atoms with Crippen molar-refractivity contribution < 1.29 is 19.8 Å². The number of unbranched alkanes of at least 4 members (excludes halogenated alkanes) is 10. The molecular weight excluding hydrogens is 580 g/mol. The SMILES string of the molecule is CCCCCCCCC1(CCCCCCCC)c2cc(-c3ccc(C(=O)O)cc3)ccc2-c2ccc(-c3ccc(C(=O)O)cc3)cc21. The molecule has 0 spiro atoms. The fourth-order valence-corrected chi connectivity index (χ4v) is 7.54. The van der Waals surface area contributed by atoms with Crippen LogP contribution in [-0.2, 0) is 5.41 Å². The van der Waals surface area contributed by atoms with Crippen LogP contribution in [0.3, 0.4) is 0 Å². The third-order valence-electron chi connectivity index (χ3n) is 10.2. The van der Waals surface area contributed by atoms with Gasteiger partial charge in [0, 0.05) is 5.41 Å². The minimum absolute atomic E-state index is 0.117. The van der Waals surface area contributed by atoms with Gasteiger partial charge in [-0.15, -0.1) is 0 Å². The van der Waals surface area contributed by atoms with Gasteiger partial charge in [-0.3, -0.25) is 0 Å². The maximum absolute atomic E-state index is 11.5. The molecule has 5 rings (SSSR count). The summed E-state index contributed by atoms with van der Waals surface area (Å²) in [6, 6.07) is 28.2. The largest absolute Gasteiger partial charge is 0.478 e. The molecule has 4 heteroatoms. The average Bonchev–Trinajstić information content (AvgIpc) is 3.36. The van der Waals surface area contributed by atoms with Gasteiger partial charge in [-0.25, -0.2) is 9.59 Å². The molecule has 246 valence electrons. The molecule has 0 radical (unpaired) electrons. The van der Waals surface area contributed by atoms with Crippen molar-refractivity contribution in [2.75, 3.05) is 0 Å². The summed E-state index contributed by atoms with van der Waals surface area (Å²) in [7, 11) is 0. The number of hydrogen-bond acceptors (Lipinski definition) is 2. The first kappa shape index (κ1) is 34.2. The van der Waals surface area contributed by atoms with E-state index in [1.54, 1.807) is 24.3 Å². The summed E-state index contributed by atoms with van der Waals surface area (Å²) in [6.07, 6.45) is 17.2. The highest BCUT2D eigenvalue weighted by Crippen LogP contribution is 2.55. The van der Waals surface area contributed by atoms with Gasteiger partial charge >= 0.3 is 11.9 Å². The fourth-order valence-electron chi connectivity index (χ4n) is 7.54. The maximum atomic E-state index is 11.5. The summed E-state index contributed by atoms with van der Waals surface area (Å²) >= 11 is 0. The molecule has 0 aliphatic heterocycles. The van der Waals surface area contributed by atoms with Crippen LogP contribution in [0, 0.1) is 0 Å². The Balaban J connectivity index is 1.58. The molecule has 0 bridgehead atoms. The van der Waals surface area contributed by atoms with E-state index in [0.717, 1.165) is 35.1 Å². The lowest BCUT2D eigenvalue weighted by Crippen LogP contribution is -2.25. The summed E-state index contributed by atoms with van der Waals surface area (Å²) in [4.78, 5) is 23.1. The highest BCUT2D eigenvalue weighted by atomic mass is 16.4. The van der Waals surface area contributed by atoms with Gasteiger partial charge in [0.15, 0.2) is 0 Å². The number of fused-ring (bicyclic) bond motifs is 3. The molecule has 0 saturated heterocycles. The Morgan fingerprint density at radius 1 is 0.468 bits per heavy atom. The minimum atomic E-state index is -0.911. The number of benzene rings is 4. The van der Waals surface area contributed by atoms with Crippen LogP contribution in [0.5, 0.6) is 0 Å². The number of hydrogen-bond donors (Lipinski definition) is 2. The average molecular weight is 631 g/mol. The van der Waals surface area contributed by atoms with Crippen molar-refractivity contribution in [2.45, 2.75) is 109 Å². The van der Waals surface area contributed by atoms with Crippen molar-refractivity contribution in [3.8, 4) is 33.4 Å². The summed E-state index contributed by atoms with van der Waals surface area (Å²) < 4.78 is 0. The lowest BCUT2D eigenvalue weighted by atomic mass is 9.70. The molecule has 2 N–H and O–H groups in total. The van der Waals surface area contributed by atoms with E-state index in [4.69, 9.17) is 0 Å². The van der Waals surface area contributed by atoms with Crippen molar-refractivity contribution in [1.82, 2.24) is 0 Å². The van der Waals surface area contributed by atoms with Gasteiger partial charge in [0.25, 0.3) is 0 Å².